The van der Waals surface area contributed by atoms with Crippen molar-refractivity contribution < 1.29 is 48.0 Å². The molecule has 1 atom stereocenters. The standard InChI is InChI=1S/C16H11N2.C6H7.2ClH.Zr/c1-2-6-13-10-15(9-12(13)5-1)18-16-8-4-3-7-14(16)11-17-18;1-6-4-2-3-5-6;;;/h1-11H;2,4H,3H2,1H3;2*1H;/q;;;;+2/p-2. The number of rotatable bonds is 3. The van der Waals surface area contributed by atoms with E-state index >= 15 is 0 Å². The van der Waals surface area contributed by atoms with Gasteiger partial charge in [-0.15, -0.1) is 0 Å². The molecule has 2 aliphatic carbocycles. The number of halogens is 2. The van der Waals surface area contributed by atoms with Crippen molar-refractivity contribution in [3.05, 3.63) is 86.9 Å². The summed E-state index contributed by atoms with van der Waals surface area (Å²) in [7, 11) is 0. The monoisotopic (exact) mass is 470 g/mol. The van der Waals surface area contributed by atoms with E-state index in [1.54, 1.807) is 3.28 Å². The number of fused-ring (bicyclic) bond motifs is 2. The third-order valence-electron chi connectivity index (χ3n) is 5.11. The van der Waals surface area contributed by atoms with Crippen LogP contribution in [0, 0.1) is 0 Å². The average molecular weight is 473 g/mol. The van der Waals surface area contributed by atoms with Gasteiger partial charge in [-0.05, 0) is 0 Å². The predicted molar refractivity (Wildman–Crippen MR) is 99.5 cm³/mol. The minimum Gasteiger partial charge on any atom is -1.00 e. The summed E-state index contributed by atoms with van der Waals surface area (Å²) in [5, 5.41) is 5.96. The minimum atomic E-state index is -0.777. The molecular weight excluding hydrogens is 454 g/mol. The molecule has 0 bridgehead atoms. The number of nitrogens with zero attached hydrogens (tertiary/aromatic N) is 2. The number of aromatic nitrogens is 2. The number of para-hydroxylation sites is 1. The molecule has 1 heterocycles. The topological polar surface area (TPSA) is 17.8 Å². The Hall–Kier alpha value is -1.41. The molecule has 134 valence electrons. The van der Waals surface area contributed by atoms with Crippen molar-refractivity contribution >= 4 is 22.7 Å². The molecular formula is C22H18Cl2N2Zr. The van der Waals surface area contributed by atoms with E-state index in [1.807, 2.05) is 6.20 Å². The number of benzene rings is 2. The van der Waals surface area contributed by atoms with Gasteiger partial charge in [-0.2, -0.15) is 0 Å². The van der Waals surface area contributed by atoms with Gasteiger partial charge in [0.2, 0.25) is 0 Å². The summed E-state index contributed by atoms with van der Waals surface area (Å²) >= 11 is -0.777. The van der Waals surface area contributed by atoms with Crippen LogP contribution >= 0.6 is 0 Å². The molecule has 0 fully saturated rings. The third-order valence-corrected chi connectivity index (χ3v) is 9.64. The maximum absolute atomic E-state index is 4.75. The molecule has 1 aromatic heterocycles. The van der Waals surface area contributed by atoms with Crippen LogP contribution in [0.4, 0.5) is 0 Å². The third kappa shape index (κ3) is 3.53. The van der Waals surface area contributed by atoms with Crippen molar-refractivity contribution in [3.63, 3.8) is 0 Å². The first kappa shape index (κ1) is 20.3. The van der Waals surface area contributed by atoms with Crippen molar-refractivity contribution in [1.29, 1.82) is 0 Å². The number of hydrogen-bond acceptors (Lipinski definition) is 1. The molecule has 2 aliphatic rings. The minimum absolute atomic E-state index is 0. The van der Waals surface area contributed by atoms with Gasteiger partial charge in [0.25, 0.3) is 0 Å². The summed E-state index contributed by atoms with van der Waals surface area (Å²) < 4.78 is 4.43. The molecule has 0 saturated heterocycles. The summed E-state index contributed by atoms with van der Waals surface area (Å²) in [6.07, 6.45) is 10.1. The largest absolute Gasteiger partial charge is 1.00 e. The van der Waals surface area contributed by atoms with Crippen LogP contribution < -0.4 is 24.8 Å². The molecule has 2 aromatic carbocycles. The molecule has 1 unspecified atom stereocenters. The molecule has 27 heavy (non-hydrogen) atoms. The van der Waals surface area contributed by atoms with Gasteiger partial charge in [-0.3, -0.25) is 0 Å². The molecule has 3 aromatic rings. The van der Waals surface area contributed by atoms with E-state index in [2.05, 4.69) is 78.4 Å². The van der Waals surface area contributed by atoms with Gasteiger partial charge in [0.15, 0.2) is 0 Å². The van der Waals surface area contributed by atoms with Gasteiger partial charge in [0.05, 0.1) is 0 Å². The summed E-state index contributed by atoms with van der Waals surface area (Å²) in [6, 6.07) is 17.4. The Balaban J connectivity index is 0.00000105. The van der Waals surface area contributed by atoms with E-state index in [0.717, 1.165) is 6.42 Å². The Bertz CT molecular complexity index is 1080. The second-order valence-electron chi connectivity index (χ2n) is 6.66. The van der Waals surface area contributed by atoms with Crippen molar-refractivity contribution in [2.45, 2.75) is 17.0 Å². The summed E-state index contributed by atoms with van der Waals surface area (Å²) in [6.45, 7) is 2.27. The van der Waals surface area contributed by atoms with Gasteiger partial charge < -0.3 is 24.8 Å². The first-order valence-electron chi connectivity index (χ1n) is 8.68. The number of allylic oxidation sites excluding steroid dienone is 5. The Morgan fingerprint density at radius 3 is 2.63 bits per heavy atom. The van der Waals surface area contributed by atoms with Crippen LogP contribution in [0.2, 0.25) is 0 Å². The first-order valence-corrected chi connectivity index (χ1v) is 11.3. The molecule has 0 spiro atoms. The fourth-order valence-corrected chi connectivity index (χ4v) is 7.88. The van der Waals surface area contributed by atoms with E-state index in [0.29, 0.717) is 3.63 Å². The van der Waals surface area contributed by atoms with Crippen LogP contribution in [-0.4, -0.2) is 9.78 Å². The maximum Gasteiger partial charge on any atom is -1.00 e. The predicted octanol–water partition coefficient (Wildman–Crippen LogP) is -0.586. The van der Waals surface area contributed by atoms with Crippen LogP contribution in [0.3, 0.4) is 0 Å². The maximum atomic E-state index is 4.75. The summed E-state index contributed by atoms with van der Waals surface area (Å²) in [4.78, 5) is 0. The second-order valence-corrected chi connectivity index (χ2v) is 10.3. The molecule has 0 aliphatic heterocycles. The van der Waals surface area contributed by atoms with Crippen molar-refractivity contribution in [3.8, 4) is 0 Å². The fraction of sp³-hybridized carbons (Fsp3) is 0.136. The fourth-order valence-electron chi connectivity index (χ4n) is 3.78. The zero-order valence-corrected chi connectivity index (χ0v) is 18.8. The normalized spacial score (nSPS) is 17.2. The summed E-state index contributed by atoms with van der Waals surface area (Å²) in [5.74, 6) is 0. The Kier molecular flexibility index (Phi) is 6.26. The van der Waals surface area contributed by atoms with E-state index < -0.39 is 23.2 Å². The second kappa shape index (κ2) is 8.31. The Labute approximate surface area is 183 Å². The zero-order chi connectivity index (χ0) is 16.8. The Morgan fingerprint density at radius 2 is 1.81 bits per heavy atom. The smallest absolute Gasteiger partial charge is 1.00 e. The van der Waals surface area contributed by atoms with Gasteiger partial charge in [-0.1, -0.05) is 0 Å². The number of hydrogen-bond donors (Lipinski definition) is 0. The van der Waals surface area contributed by atoms with Crippen molar-refractivity contribution in [2.24, 2.45) is 0 Å². The van der Waals surface area contributed by atoms with E-state index in [1.165, 1.54) is 33.3 Å². The first-order chi connectivity index (χ1) is 12.3. The molecule has 0 radical (unpaired) electrons. The quantitative estimate of drug-likeness (QED) is 0.499. The van der Waals surface area contributed by atoms with Crippen LogP contribution in [-0.2, 0) is 23.2 Å². The van der Waals surface area contributed by atoms with E-state index in [-0.39, 0.29) is 24.8 Å². The van der Waals surface area contributed by atoms with Gasteiger partial charge >= 0.3 is 160 Å². The molecule has 0 amide bonds. The van der Waals surface area contributed by atoms with E-state index in [4.69, 9.17) is 5.10 Å². The molecule has 2 nitrogen and oxygen atoms in total. The van der Waals surface area contributed by atoms with Crippen LogP contribution in [0.15, 0.2) is 75.7 Å². The van der Waals surface area contributed by atoms with Crippen molar-refractivity contribution in [2.75, 3.05) is 0 Å². The summed E-state index contributed by atoms with van der Waals surface area (Å²) in [5.41, 5.74) is 6.94. The molecule has 5 rings (SSSR count). The van der Waals surface area contributed by atoms with Gasteiger partial charge in [0.1, 0.15) is 0 Å². The van der Waals surface area contributed by atoms with Crippen molar-refractivity contribution in [1.82, 2.24) is 9.78 Å². The molecule has 0 N–H and O–H groups in total. The van der Waals surface area contributed by atoms with Gasteiger partial charge in [0, 0.05) is 0 Å². The van der Waals surface area contributed by atoms with Crippen LogP contribution in [0.5, 0.6) is 0 Å². The SMILES string of the molecule is CC1=[C]([Zr+2][CH]2C(n3ncc4ccccc43)=Cc3ccccc32)CC=C1.[Cl-].[Cl-]. The molecule has 0 saturated carbocycles. The molecule has 5 heteroatoms. The van der Waals surface area contributed by atoms with Gasteiger partial charge in [-0.25, -0.2) is 0 Å². The zero-order valence-electron chi connectivity index (χ0n) is 14.9. The Morgan fingerprint density at radius 1 is 1.04 bits per heavy atom. The average Bonchev–Trinajstić information content (AvgIpc) is 3.33. The van der Waals surface area contributed by atoms with Crippen LogP contribution in [0.1, 0.15) is 28.1 Å². The van der Waals surface area contributed by atoms with Crippen LogP contribution in [0.25, 0.3) is 22.7 Å². The van der Waals surface area contributed by atoms with E-state index in [9.17, 15) is 0 Å².